The summed E-state index contributed by atoms with van der Waals surface area (Å²) < 4.78 is 10.6. The highest BCUT2D eigenvalue weighted by Crippen LogP contribution is 2.34. The molecule has 0 radical (unpaired) electrons. The lowest BCUT2D eigenvalue weighted by molar-refractivity contribution is 0.1000. The minimum absolute atomic E-state index is 0.0859. The van der Waals surface area contributed by atoms with E-state index in [0.717, 1.165) is 0 Å². The number of nitrogens with two attached hydrogens (primary N) is 2. The molecular weight excluding hydrogens is 284 g/mol. The van der Waals surface area contributed by atoms with Gasteiger partial charge >= 0.3 is 0 Å². The van der Waals surface area contributed by atoms with Crippen LogP contribution in [-0.4, -0.2) is 23.0 Å². The molecule has 20 heavy (non-hydrogen) atoms. The molecule has 0 aliphatic carbocycles. The molecule has 8 heteroatoms. The highest BCUT2D eigenvalue weighted by atomic mass is 35.5. The number of ether oxygens (including phenoxy) is 2. The summed E-state index contributed by atoms with van der Waals surface area (Å²) in [5.41, 5.74) is 11.3. The average molecular weight is 295 g/mol. The van der Waals surface area contributed by atoms with Gasteiger partial charge in [-0.25, -0.2) is 4.98 Å². The van der Waals surface area contributed by atoms with Crippen molar-refractivity contribution in [3.63, 3.8) is 0 Å². The van der Waals surface area contributed by atoms with Crippen molar-refractivity contribution in [1.82, 2.24) is 9.97 Å². The normalized spacial score (nSPS) is 10.1. The molecule has 0 saturated carbocycles. The summed E-state index contributed by atoms with van der Waals surface area (Å²) in [5.74, 6) is 0.156. The molecule has 0 fully saturated rings. The van der Waals surface area contributed by atoms with Crippen molar-refractivity contribution >= 4 is 23.2 Å². The Morgan fingerprint density at radius 3 is 2.70 bits per heavy atom. The number of amides is 1. The van der Waals surface area contributed by atoms with Crippen molar-refractivity contribution in [2.24, 2.45) is 5.73 Å². The zero-order valence-corrected chi connectivity index (χ0v) is 11.2. The van der Waals surface area contributed by atoms with Crippen LogP contribution in [0.2, 0.25) is 5.15 Å². The number of carbonyl (C=O) groups is 1. The van der Waals surface area contributed by atoms with E-state index in [1.54, 1.807) is 0 Å². The Morgan fingerprint density at radius 1 is 1.30 bits per heavy atom. The number of methoxy groups -OCH3 is 1. The zero-order chi connectivity index (χ0) is 14.7. The molecule has 0 saturated heterocycles. The Balaban J connectivity index is 2.38. The van der Waals surface area contributed by atoms with Crippen LogP contribution < -0.4 is 20.9 Å². The molecule has 0 spiro atoms. The van der Waals surface area contributed by atoms with Gasteiger partial charge in [0.05, 0.1) is 7.11 Å². The maximum atomic E-state index is 11.1. The standard InChI is InChI=1S/C12H11ClN4O3/c1-19-8-4-6(11(15)18)2-3-7(8)20-12-9(14)10(13)16-5-17-12/h2-5H,14H2,1H3,(H2,15,18). The summed E-state index contributed by atoms with van der Waals surface area (Å²) in [7, 11) is 1.43. The third kappa shape index (κ3) is 2.72. The van der Waals surface area contributed by atoms with E-state index in [9.17, 15) is 4.79 Å². The first-order valence-corrected chi connectivity index (χ1v) is 5.82. The number of hydrogen-bond acceptors (Lipinski definition) is 6. The number of carbonyl (C=O) groups excluding carboxylic acids is 1. The van der Waals surface area contributed by atoms with Gasteiger partial charge in [0.2, 0.25) is 11.8 Å². The molecule has 0 aliphatic heterocycles. The first-order valence-electron chi connectivity index (χ1n) is 5.44. The fourth-order valence-corrected chi connectivity index (χ4v) is 1.57. The third-order valence-electron chi connectivity index (χ3n) is 2.45. The highest BCUT2D eigenvalue weighted by molar-refractivity contribution is 6.32. The molecule has 1 amide bonds. The quantitative estimate of drug-likeness (QED) is 0.828. The molecule has 0 atom stereocenters. The van der Waals surface area contributed by atoms with Crippen LogP contribution in [0.25, 0.3) is 0 Å². The monoisotopic (exact) mass is 294 g/mol. The number of rotatable bonds is 4. The second-order valence-electron chi connectivity index (χ2n) is 3.72. The van der Waals surface area contributed by atoms with Gasteiger partial charge in [0.15, 0.2) is 16.7 Å². The van der Waals surface area contributed by atoms with Crippen molar-refractivity contribution in [1.29, 1.82) is 0 Å². The second-order valence-corrected chi connectivity index (χ2v) is 4.07. The maximum Gasteiger partial charge on any atom is 0.248 e. The van der Waals surface area contributed by atoms with Gasteiger partial charge < -0.3 is 20.9 Å². The largest absolute Gasteiger partial charge is 0.493 e. The topological polar surface area (TPSA) is 113 Å². The van der Waals surface area contributed by atoms with E-state index < -0.39 is 5.91 Å². The molecular formula is C12H11ClN4O3. The molecule has 4 N–H and O–H groups in total. The molecule has 0 aliphatic rings. The van der Waals surface area contributed by atoms with E-state index >= 15 is 0 Å². The molecule has 104 valence electrons. The molecule has 0 unspecified atom stereocenters. The number of anilines is 1. The smallest absolute Gasteiger partial charge is 0.248 e. The van der Waals surface area contributed by atoms with Crippen LogP contribution >= 0.6 is 11.6 Å². The fraction of sp³-hybridized carbons (Fsp3) is 0.0833. The van der Waals surface area contributed by atoms with E-state index in [-0.39, 0.29) is 16.7 Å². The highest BCUT2D eigenvalue weighted by Gasteiger charge is 2.13. The number of benzene rings is 1. The van der Waals surface area contributed by atoms with Crippen molar-refractivity contribution in [2.45, 2.75) is 0 Å². The Labute approximate surface area is 119 Å². The Morgan fingerprint density at radius 2 is 2.05 bits per heavy atom. The lowest BCUT2D eigenvalue weighted by Crippen LogP contribution is -2.11. The number of aromatic nitrogens is 2. The number of nitrogen functional groups attached to an aromatic ring is 1. The number of primary amides is 1. The summed E-state index contributed by atoms with van der Waals surface area (Å²) in [4.78, 5) is 18.7. The van der Waals surface area contributed by atoms with Crippen molar-refractivity contribution in [3.05, 3.63) is 35.2 Å². The van der Waals surface area contributed by atoms with Gasteiger partial charge in [-0.2, -0.15) is 4.98 Å². The molecule has 2 rings (SSSR count). The van der Waals surface area contributed by atoms with Crippen LogP contribution in [0.15, 0.2) is 24.5 Å². The molecule has 2 aromatic rings. The van der Waals surface area contributed by atoms with Crippen molar-refractivity contribution in [3.8, 4) is 17.4 Å². The number of nitrogens with zero attached hydrogens (tertiary/aromatic N) is 2. The van der Waals surface area contributed by atoms with Gasteiger partial charge in [0, 0.05) is 5.56 Å². The predicted octanol–water partition coefficient (Wildman–Crippen LogP) is 1.61. The van der Waals surface area contributed by atoms with Gasteiger partial charge in [-0.1, -0.05) is 11.6 Å². The van der Waals surface area contributed by atoms with Crippen LogP contribution in [0, 0.1) is 0 Å². The van der Waals surface area contributed by atoms with Gasteiger partial charge in [0.25, 0.3) is 0 Å². The average Bonchev–Trinajstić information content (AvgIpc) is 2.44. The SMILES string of the molecule is COc1cc(C(N)=O)ccc1Oc1ncnc(Cl)c1N. The predicted molar refractivity (Wildman–Crippen MR) is 73.0 cm³/mol. The van der Waals surface area contributed by atoms with Gasteiger partial charge in [-0.3, -0.25) is 4.79 Å². The van der Waals surface area contributed by atoms with Crippen molar-refractivity contribution < 1.29 is 14.3 Å². The lowest BCUT2D eigenvalue weighted by atomic mass is 10.2. The van der Waals surface area contributed by atoms with Crippen molar-refractivity contribution in [2.75, 3.05) is 12.8 Å². The summed E-state index contributed by atoms with van der Waals surface area (Å²) in [6.45, 7) is 0. The molecule has 1 heterocycles. The summed E-state index contributed by atoms with van der Waals surface area (Å²) >= 11 is 5.77. The Bertz CT molecular complexity index is 663. The minimum Gasteiger partial charge on any atom is -0.493 e. The van der Waals surface area contributed by atoms with Crippen LogP contribution in [0.1, 0.15) is 10.4 Å². The molecule has 1 aromatic heterocycles. The van der Waals surface area contributed by atoms with E-state index in [1.807, 2.05) is 0 Å². The van der Waals surface area contributed by atoms with E-state index in [4.69, 9.17) is 32.5 Å². The Kier molecular flexibility index (Phi) is 3.90. The van der Waals surface area contributed by atoms with E-state index in [1.165, 1.54) is 31.6 Å². The molecule has 7 nitrogen and oxygen atoms in total. The third-order valence-corrected chi connectivity index (χ3v) is 2.75. The van der Waals surface area contributed by atoms with Crippen LogP contribution in [0.4, 0.5) is 5.69 Å². The second kappa shape index (κ2) is 5.62. The summed E-state index contributed by atoms with van der Waals surface area (Å²) in [6.07, 6.45) is 1.22. The van der Waals surface area contributed by atoms with E-state index in [0.29, 0.717) is 17.1 Å². The van der Waals surface area contributed by atoms with Crippen LogP contribution in [0.3, 0.4) is 0 Å². The maximum absolute atomic E-state index is 11.1. The first kappa shape index (κ1) is 13.9. The van der Waals surface area contributed by atoms with Gasteiger partial charge in [-0.05, 0) is 18.2 Å². The molecule has 1 aromatic carbocycles. The summed E-state index contributed by atoms with van der Waals surface area (Å²) in [6, 6.07) is 4.48. The van der Waals surface area contributed by atoms with E-state index in [2.05, 4.69) is 9.97 Å². The summed E-state index contributed by atoms with van der Waals surface area (Å²) in [5, 5.41) is 0.0859. The van der Waals surface area contributed by atoms with Crippen LogP contribution in [-0.2, 0) is 0 Å². The van der Waals surface area contributed by atoms with Gasteiger partial charge in [-0.15, -0.1) is 0 Å². The number of halogens is 1. The molecule has 0 bridgehead atoms. The van der Waals surface area contributed by atoms with Gasteiger partial charge in [0.1, 0.15) is 12.0 Å². The fourth-order valence-electron chi connectivity index (χ4n) is 1.45. The van der Waals surface area contributed by atoms with Crippen LogP contribution in [0.5, 0.6) is 17.4 Å². The Hall–Kier alpha value is -2.54. The lowest BCUT2D eigenvalue weighted by Gasteiger charge is -2.11. The number of hydrogen-bond donors (Lipinski definition) is 2. The minimum atomic E-state index is -0.570. The first-order chi connectivity index (χ1) is 9.52. The zero-order valence-electron chi connectivity index (χ0n) is 10.5.